The summed E-state index contributed by atoms with van der Waals surface area (Å²) >= 11 is 0. The van der Waals surface area contributed by atoms with E-state index in [1.807, 2.05) is 6.92 Å². The standard InChI is InChI=1S/C11H19NO4/c1-4-6-15-10(13)8-12-5-7-16-11(14)9(2)3/h12H,2,4-8H2,1,3H3. The molecule has 0 aromatic rings. The van der Waals surface area contributed by atoms with Gasteiger partial charge in [-0.2, -0.15) is 0 Å². The number of hydrogen-bond acceptors (Lipinski definition) is 5. The highest BCUT2D eigenvalue weighted by atomic mass is 16.5. The zero-order valence-electron chi connectivity index (χ0n) is 9.88. The van der Waals surface area contributed by atoms with Crippen molar-refractivity contribution in [1.82, 2.24) is 5.32 Å². The fourth-order valence-corrected chi connectivity index (χ4v) is 0.796. The van der Waals surface area contributed by atoms with Crippen molar-refractivity contribution in [2.24, 2.45) is 0 Å². The van der Waals surface area contributed by atoms with Crippen molar-refractivity contribution < 1.29 is 19.1 Å². The lowest BCUT2D eigenvalue weighted by Crippen LogP contribution is -2.28. The molecule has 0 aromatic heterocycles. The van der Waals surface area contributed by atoms with Crippen molar-refractivity contribution in [3.8, 4) is 0 Å². The van der Waals surface area contributed by atoms with E-state index in [0.29, 0.717) is 18.7 Å². The van der Waals surface area contributed by atoms with Gasteiger partial charge in [0.05, 0.1) is 13.2 Å². The Hall–Kier alpha value is -1.36. The SMILES string of the molecule is C=C(C)C(=O)OCCNCC(=O)OCCC. The first kappa shape index (κ1) is 14.6. The van der Waals surface area contributed by atoms with E-state index in [9.17, 15) is 9.59 Å². The van der Waals surface area contributed by atoms with Crippen LogP contribution in [0.15, 0.2) is 12.2 Å². The molecule has 0 saturated carbocycles. The van der Waals surface area contributed by atoms with Gasteiger partial charge in [-0.05, 0) is 13.3 Å². The summed E-state index contributed by atoms with van der Waals surface area (Å²) in [6.07, 6.45) is 0.808. The molecule has 16 heavy (non-hydrogen) atoms. The Morgan fingerprint density at radius 1 is 1.25 bits per heavy atom. The molecule has 0 unspecified atom stereocenters. The summed E-state index contributed by atoms with van der Waals surface area (Å²) in [4.78, 5) is 21.9. The van der Waals surface area contributed by atoms with Crippen LogP contribution in [0.5, 0.6) is 0 Å². The first-order valence-electron chi connectivity index (χ1n) is 5.27. The molecule has 1 N–H and O–H groups in total. The summed E-state index contributed by atoms with van der Waals surface area (Å²) in [7, 11) is 0. The molecular weight excluding hydrogens is 210 g/mol. The maximum Gasteiger partial charge on any atom is 0.333 e. The highest BCUT2D eigenvalue weighted by molar-refractivity contribution is 5.86. The maximum atomic E-state index is 11.0. The van der Waals surface area contributed by atoms with Gasteiger partial charge in [0.2, 0.25) is 0 Å². The predicted molar refractivity (Wildman–Crippen MR) is 59.9 cm³/mol. The van der Waals surface area contributed by atoms with Crippen molar-refractivity contribution >= 4 is 11.9 Å². The molecular formula is C11H19NO4. The van der Waals surface area contributed by atoms with Gasteiger partial charge in [0, 0.05) is 12.1 Å². The number of ether oxygens (including phenoxy) is 2. The minimum absolute atomic E-state index is 0.130. The van der Waals surface area contributed by atoms with Crippen LogP contribution in [-0.2, 0) is 19.1 Å². The molecule has 0 rings (SSSR count). The van der Waals surface area contributed by atoms with Gasteiger partial charge in [-0.3, -0.25) is 4.79 Å². The second-order valence-electron chi connectivity index (χ2n) is 3.31. The molecule has 5 heteroatoms. The zero-order chi connectivity index (χ0) is 12.4. The minimum atomic E-state index is -0.421. The van der Waals surface area contributed by atoms with Crippen LogP contribution in [0.1, 0.15) is 20.3 Å². The lowest BCUT2D eigenvalue weighted by Gasteiger charge is -2.06. The van der Waals surface area contributed by atoms with Crippen LogP contribution in [0.2, 0.25) is 0 Å². The van der Waals surface area contributed by atoms with Crippen molar-refractivity contribution in [2.45, 2.75) is 20.3 Å². The quantitative estimate of drug-likeness (QED) is 0.376. The van der Waals surface area contributed by atoms with E-state index in [0.717, 1.165) is 6.42 Å². The highest BCUT2D eigenvalue weighted by Gasteiger charge is 2.03. The monoisotopic (exact) mass is 229 g/mol. The molecule has 0 fully saturated rings. The van der Waals surface area contributed by atoms with Crippen LogP contribution in [0.25, 0.3) is 0 Å². The molecule has 0 saturated heterocycles. The normalized spacial score (nSPS) is 9.62. The molecule has 5 nitrogen and oxygen atoms in total. The van der Waals surface area contributed by atoms with Gasteiger partial charge in [-0.1, -0.05) is 13.5 Å². The predicted octanol–water partition coefficient (Wildman–Crippen LogP) is 0.648. The van der Waals surface area contributed by atoms with Crippen LogP contribution in [0.4, 0.5) is 0 Å². The molecule has 0 amide bonds. The minimum Gasteiger partial charge on any atom is -0.465 e. The Bertz CT molecular complexity index is 250. The van der Waals surface area contributed by atoms with Gasteiger partial charge >= 0.3 is 11.9 Å². The number of carbonyl (C=O) groups excluding carboxylic acids is 2. The molecule has 92 valence electrons. The van der Waals surface area contributed by atoms with Crippen molar-refractivity contribution in [2.75, 3.05) is 26.3 Å². The molecule has 0 aliphatic rings. The third-order valence-electron chi connectivity index (χ3n) is 1.60. The van der Waals surface area contributed by atoms with E-state index in [-0.39, 0.29) is 19.1 Å². The fraction of sp³-hybridized carbons (Fsp3) is 0.636. The average molecular weight is 229 g/mol. The van der Waals surface area contributed by atoms with Crippen molar-refractivity contribution in [3.05, 3.63) is 12.2 Å². The molecule has 0 spiro atoms. The molecule has 0 atom stereocenters. The number of hydrogen-bond donors (Lipinski definition) is 1. The summed E-state index contributed by atoms with van der Waals surface area (Å²) in [6, 6.07) is 0. The van der Waals surface area contributed by atoms with Crippen molar-refractivity contribution in [1.29, 1.82) is 0 Å². The second kappa shape index (κ2) is 8.91. The Labute approximate surface area is 95.8 Å². The summed E-state index contributed by atoms with van der Waals surface area (Å²) in [5.41, 5.74) is 0.363. The highest BCUT2D eigenvalue weighted by Crippen LogP contribution is 1.90. The first-order valence-corrected chi connectivity index (χ1v) is 5.27. The smallest absolute Gasteiger partial charge is 0.333 e. The summed E-state index contributed by atoms with van der Waals surface area (Å²) in [6.45, 7) is 8.15. The second-order valence-corrected chi connectivity index (χ2v) is 3.31. The molecule has 0 aliphatic heterocycles. The molecule has 0 bridgehead atoms. The summed E-state index contributed by atoms with van der Waals surface area (Å²) in [5, 5.41) is 2.81. The first-order chi connectivity index (χ1) is 7.57. The van der Waals surface area contributed by atoms with Gasteiger partial charge in [0.15, 0.2) is 0 Å². The van der Waals surface area contributed by atoms with Crippen molar-refractivity contribution in [3.63, 3.8) is 0 Å². The van der Waals surface area contributed by atoms with Gasteiger partial charge < -0.3 is 14.8 Å². The molecule has 0 aromatic carbocycles. The Kier molecular flexibility index (Phi) is 8.15. The van der Waals surface area contributed by atoms with Crippen LogP contribution in [0.3, 0.4) is 0 Å². The summed E-state index contributed by atoms with van der Waals surface area (Å²) < 4.78 is 9.65. The van der Waals surface area contributed by atoms with Gasteiger partial charge in [-0.15, -0.1) is 0 Å². The van der Waals surface area contributed by atoms with E-state index in [1.54, 1.807) is 6.92 Å². The van der Waals surface area contributed by atoms with Crippen LogP contribution in [-0.4, -0.2) is 38.2 Å². The summed E-state index contributed by atoms with van der Waals surface area (Å²) in [5.74, 6) is -0.719. The fourth-order valence-electron chi connectivity index (χ4n) is 0.796. The lowest BCUT2D eigenvalue weighted by atomic mass is 10.4. The van der Waals surface area contributed by atoms with E-state index >= 15 is 0 Å². The third kappa shape index (κ3) is 7.99. The maximum absolute atomic E-state index is 11.0. The van der Waals surface area contributed by atoms with Gasteiger partial charge in [0.25, 0.3) is 0 Å². The zero-order valence-corrected chi connectivity index (χ0v) is 9.88. The largest absolute Gasteiger partial charge is 0.465 e. The van der Waals surface area contributed by atoms with E-state index < -0.39 is 5.97 Å². The lowest BCUT2D eigenvalue weighted by molar-refractivity contribution is -0.142. The number of carbonyl (C=O) groups is 2. The Balaban J connectivity index is 3.36. The van der Waals surface area contributed by atoms with E-state index in [1.165, 1.54) is 0 Å². The number of nitrogens with one attached hydrogen (secondary N) is 1. The Morgan fingerprint density at radius 2 is 1.94 bits per heavy atom. The van der Waals surface area contributed by atoms with Crippen LogP contribution < -0.4 is 5.32 Å². The molecule has 0 aliphatic carbocycles. The van der Waals surface area contributed by atoms with Crippen LogP contribution in [0, 0.1) is 0 Å². The number of esters is 2. The topological polar surface area (TPSA) is 64.6 Å². The van der Waals surface area contributed by atoms with E-state index in [4.69, 9.17) is 9.47 Å². The van der Waals surface area contributed by atoms with Gasteiger partial charge in [0.1, 0.15) is 6.61 Å². The molecule has 0 heterocycles. The third-order valence-corrected chi connectivity index (χ3v) is 1.60. The molecule has 0 radical (unpaired) electrons. The Morgan fingerprint density at radius 3 is 2.50 bits per heavy atom. The average Bonchev–Trinajstić information content (AvgIpc) is 2.25. The van der Waals surface area contributed by atoms with E-state index in [2.05, 4.69) is 11.9 Å². The van der Waals surface area contributed by atoms with Crippen LogP contribution >= 0.6 is 0 Å². The number of rotatable bonds is 8. The van der Waals surface area contributed by atoms with Gasteiger partial charge in [-0.25, -0.2) is 4.79 Å².